The van der Waals surface area contributed by atoms with E-state index in [1.807, 2.05) is 4.72 Å². The van der Waals surface area contributed by atoms with Crippen LogP contribution in [0, 0.1) is 0 Å². The third-order valence-electron chi connectivity index (χ3n) is 2.03. The van der Waals surface area contributed by atoms with Gasteiger partial charge in [-0.15, -0.1) is 0 Å². The first-order chi connectivity index (χ1) is 6.87. The van der Waals surface area contributed by atoms with Gasteiger partial charge in [0.1, 0.15) is 5.67 Å². The molecule has 0 amide bonds. The highest BCUT2D eigenvalue weighted by atomic mass is 32.2. The first-order valence-electron chi connectivity index (χ1n) is 4.31. The Hall–Kier alpha value is -0.730. The van der Waals surface area contributed by atoms with Gasteiger partial charge in [-0.2, -0.15) is 0 Å². The van der Waals surface area contributed by atoms with Crippen molar-refractivity contribution in [2.24, 2.45) is 0 Å². The quantitative estimate of drug-likeness (QED) is 0.565. The van der Waals surface area contributed by atoms with Crippen molar-refractivity contribution in [3.05, 3.63) is 0 Å². The third kappa shape index (κ3) is 3.73. The van der Waals surface area contributed by atoms with Crippen LogP contribution in [0.3, 0.4) is 0 Å². The number of hydrogen-bond donors (Lipinski definition) is 2. The molecule has 1 aliphatic heterocycles. The molecule has 0 unspecified atom stereocenters. The largest absolute Gasteiger partial charge is 0.468 e. The van der Waals surface area contributed by atoms with Gasteiger partial charge in [0.2, 0.25) is 10.0 Å². The summed E-state index contributed by atoms with van der Waals surface area (Å²) in [5, 5.41) is 2.69. The highest BCUT2D eigenvalue weighted by molar-refractivity contribution is 7.90. The molecule has 0 aromatic carbocycles. The van der Waals surface area contributed by atoms with Gasteiger partial charge in [-0.3, -0.25) is 4.79 Å². The molecule has 1 fully saturated rings. The number of methoxy groups -OCH3 is 1. The van der Waals surface area contributed by atoms with Crippen molar-refractivity contribution >= 4 is 16.0 Å². The van der Waals surface area contributed by atoms with Crippen LogP contribution in [0.5, 0.6) is 0 Å². The molecule has 0 bridgehead atoms. The lowest BCUT2D eigenvalue weighted by molar-refractivity contribution is -0.137. The lowest BCUT2D eigenvalue weighted by Gasteiger charge is -2.34. The monoisotopic (exact) mass is 240 g/mol. The summed E-state index contributed by atoms with van der Waals surface area (Å²) in [6.45, 7) is -0.0825. The van der Waals surface area contributed by atoms with Crippen LogP contribution < -0.4 is 10.0 Å². The molecule has 1 saturated heterocycles. The van der Waals surface area contributed by atoms with Gasteiger partial charge >= 0.3 is 5.97 Å². The molecule has 1 rings (SSSR count). The Labute approximate surface area is 87.2 Å². The first-order valence-corrected chi connectivity index (χ1v) is 5.96. The predicted octanol–water partition coefficient (Wildman–Crippen LogP) is -1.61. The molecular weight excluding hydrogens is 227 g/mol. The summed E-state index contributed by atoms with van der Waals surface area (Å²) in [5.41, 5.74) is -1.54. The van der Waals surface area contributed by atoms with Crippen molar-refractivity contribution in [2.45, 2.75) is 5.67 Å². The second-order valence-corrected chi connectivity index (χ2v) is 5.22. The van der Waals surface area contributed by atoms with Gasteiger partial charge in [-0.1, -0.05) is 0 Å². The Morgan fingerprint density at radius 1 is 1.60 bits per heavy atom. The predicted molar refractivity (Wildman–Crippen MR) is 50.5 cm³/mol. The Morgan fingerprint density at radius 3 is 2.60 bits per heavy atom. The van der Waals surface area contributed by atoms with Gasteiger partial charge in [0.15, 0.2) is 5.75 Å². The molecule has 1 heterocycles. The molecule has 0 spiro atoms. The second-order valence-electron chi connectivity index (χ2n) is 3.41. The molecule has 1 aliphatic rings. The summed E-state index contributed by atoms with van der Waals surface area (Å²) in [6, 6.07) is 0. The number of carbonyl (C=O) groups excluding carboxylic acids is 1. The van der Waals surface area contributed by atoms with Crippen LogP contribution in [0.1, 0.15) is 0 Å². The minimum absolute atomic E-state index is 0.119. The fourth-order valence-electron chi connectivity index (χ4n) is 1.03. The highest BCUT2D eigenvalue weighted by Gasteiger charge is 2.38. The zero-order valence-electron chi connectivity index (χ0n) is 8.25. The molecule has 0 aliphatic carbocycles. The van der Waals surface area contributed by atoms with Crippen LogP contribution in [0.4, 0.5) is 4.39 Å². The zero-order valence-corrected chi connectivity index (χ0v) is 9.06. The lowest BCUT2D eigenvalue weighted by atomic mass is 10.0. The van der Waals surface area contributed by atoms with E-state index in [1.54, 1.807) is 0 Å². The second kappa shape index (κ2) is 4.42. The van der Waals surface area contributed by atoms with Crippen molar-refractivity contribution in [3.63, 3.8) is 0 Å². The SMILES string of the molecule is COC(=O)CS(=O)(=O)NCC1(F)CNC1. The van der Waals surface area contributed by atoms with Crippen LogP contribution >= 0.6 is 0 Å². The summed E-state index contributed by atoms with van der Waals surface area (Å²) in [7, 11) is -2.71. The van der Waals surface area contributed by atoms with Gasteiger partial charge in [0.25, 0.3) is 0 Å². The highest BCUT2D eigenvalue weighted by Crippen LogP contribution is 2.14. The van der Waals surface area contributed by atoms with Crippen LogP contribution in [-0.4, -0.2) is 52.6 Å². The standard InChI is InChI=1S/C7H13FN2O4S/c1-14-6(11)2-15(12,13)10-5-7(8)3-9-4-7/h9-10H,2-5H2,1H3. The molecule has 0 aromatic heterocycles. The van der Waals surface area contributed by atoms with Crippen LogP contribution in [-0.2, 0) is 19.6 Å². The topological polar surface area (TPSA) is 84.5 Å². The molecule has 0 radical (unpaired) electrons. The number of esters is 1. The summed E-state index contributed by atoms with van der Waals surface area (Å²) < 4.78 is 41.9. The smallest absolute Gasteiger partial charge is 0.322 e. The van der Waals surface area contributed by atoms with E-state index in [9.17, 15) is 17.6 Å². The maximum Gasteiger partial charge on any atom is 0.322 e. The molecule has 2 N–H and O–H groups in total. The number of hydrogen-bond acceptors (Lipinski definition) is 5. The molecule has 88 valence electrons. The number of carbonyl (C=O) groups is 1. The number of rotatable bonds is 5. The molecular formula is C7H13FN2O4S. The molecule has 8 heteroatoms. The van der Waals surface area contributed by atoms with Gasteiger partial charge in [-0.25, -0.2) is 17.5 Å². The van der Waals surface area contributed by atoms with E-state index < -0.39 is 27.4 Å². The van der Waals surface area contributed by atoms with Crippen molar-refractivity contribution in [2.75, 3.05) is 32.5 Å². The number of alkyl halides is 1. The normalized spacial score (nSPS) is 19.3. The summed E-state index contributed by atoms with van der Waals surface area (Å²) >= 11 is 0. The molecule has 0 aromatic rings. The van der Waals surface area contributed by atoms with Crippen LogP contribution in [0.25, 0.3) is 0 Å². The van der Waals surface area contributed by atoms with Crippen molar-refractivity contribution in [1.82, 2.24) is 10.0 Å². The third-order valence-corrected chi connectivity index (χ3v) is 3.23. The summed E-state index contributed by atoms with van der Waals surface area (Å²) in [6.07, 6.45) is 0. The summed E-state index contributed by atoms with van der Waals surface area (Å²) in [4.78, 5) is 10.7. The van der Waals surface area contributed by atoms with Crippen LogP contribution in [0.2, 0.25) is 0 Å². The Balaban J connectivity index is 2.39. The Morgan fingerprint density at radius 2 is 2.20 bits per heavy atom. The van der Waals surface area contributed by atoms with E-state index in [0.717, 1.165) is 7.11 Å². The number of sulfonamides is 1. The van der Waals surface area contributed by atoms with Gasteiger partial charge in [-0.05, 0) is 0 Å². The van der Waals surface area contributed by atoms with Crippen molar-refractivity contribution < 1.29 is 22.3 Å². The number of halogens is 1. The average molecular weight is 240 g/mol. The maximum absolute atomic E-state index is 13.4. The number of ether oxygens (including phenoxy) is 1. The Kier molecular flexibility index (Phi) is 3.63. The van der Waals surface area contributed by atoms with E-state index in [-0.39, 0.29) is 19.6 Å². The van der Waals surface area contributed by atoms with E-state index in [4.69, 9.17) is 0 Å². The van der Waals surface area contributed by atoms with Gasteiger partial charge in [0, 0.05) is 19.6 Å². The van der Waals surface area contributed by atoms with E-state index >= 15 is 0 Å². The first kappa shape index (κ1) is 12.3. The molecule has 0 saturated carbocycles. The van der Waals surface area contributed by atoms with Crippen molar-refractivity contribution in [3.8, 4) is 0 Å². The van der Waals surface area contributed by atoms with E-state index in [2.05, 4.69) is 10.1 Å². The van der Waals surface area contributed by atoms with Crippen LogP contribution in [0.15, 0.2) is 0 Å². The van der Waals surface area contributed by atoms with Gasteiger partial charge < -0.3 is 10.1 Å². The van der Waals surface area contributed by atoms with Gasteiger partial charge in [0.05, 0.1) is 7.11 Å². The molecule has 0 atom stereocenters. The number of nitrogens with one attached hydrogen (secondary N) is 2. The maximum atomic E-state index is 13.4. The minimum Gasteiger partial charge on any atom is -0.468 e. The molecule has 6 nitrogen and oxygen atoms in total. The fraction of sp³-hybridized carbons (Fsp3) is 0.857. The van der Waals surface area contributed by atoms with Crippen molar-refractivity contribution in [1.29, 1.82) is 0 Å². The summed E-state index contributed by atoms with van der Waals surface area (Å²) in [5.74, 6) is -1.66. The fourth-order valence-corrected chi connectivity index (χ4v) is 2.03. The molecule has 15 heavy (non-hydrogen) atoms. The average Bonchev–Trinajstić information content (AvgIpc) is 2.11. The lowest BCUT2D eigenvalue weighted by Crippen LogP contribution is -2.61. The van der Waals surface area contributed by atoms with E-state index in [1.165, 1.54) is 0 Å². The van der Waals surface area contributed by atoms with E-state index in [0.29, 0.717) is 0 Å². The minimum atomic E-state index is -3.79. The Bertz CT molecular complexity index is 339. The zero-order chi connectivity index (χ0) is 11.5.